The lowest BCUT2D eigenvalue weighted by Crippen LogP contribution is -2.37. The summed E-state index contributed by atoms with van der Waals surface area (Å²) in [7, 11) is -0.991. The Kier molecular flexibility index (Phi) is 5.00. The molecule has 2 bridgehead atoms. The molecule has 0 N–H and O–H groups in total. The highest BCUT2D eigenvalue weighted by Gasteiger charge is 2.53. The summed E-state index contributed by atoms with van der Waals surface area (Å²) in [5.74, 6) is 1.37. The first-order valence-electron chi connectivity index (χ1n) is 8.44. The molecular formula is C19H24O3S. The average molecular weight is 332 g/mol. The van der Waals surface area contributed by atoms with Crippen LogP contribution in [0, 0.1) is 17.3 Å². The van der Waals surface area contributed by atoms with E-state index < -0.39 is 10.8 Å². The van der Waals surface area contributed by atoms with E-state index in [1.165, 1.54) is 0 Å². The van der Waals surface area contributed by atoms with Crippen LogP contribution < -0.4 is 0 Å². The van der Waals surface area contributed by atoms with E-state index in [4.69, 9.17) is 4.74 Å². The van der Waals surface area contributed by atoms with Crippen LogP contribution in [0.3, 0.4) is 0 Å². The molecule has 0 radical (unpaired) electrons. The van der Waals surface area contributed by atoms with Gasteiger partial charge in [-0.05, 0) is 56.6 Å². The fourth-order valence-corrected chi connectivity index (χ4v) is 5.17. The Morgan fingerprint density at radius 2 is 2.09 bits per heavy atom. The van der Waals surface area contributed by atoms with Gasteiger partial charge in [0.2, 0.25) is 0 Å². The van der Waals surface area contributed by atoms with E-state index in [1.807, 2.05) is 37.3 Å². The standard InChI is InChI=1S/C19H24O3S/c1-2-22-18(20)19(14-15-9-10-16(19)13-15)11-6-12-23(21)17-7-4-3-5-8-17/h3-5,7-10,15-16H,2,6,11-14H2,1H3/t15-,16+,19-,23?/m0/s1. The number of esters is 1. The SMILES string of the molecule is CCOC(=O)[C@@]1(CCCS(=O)c2ccccc2)C[C@H]2C=C[C@@H]1C2. The number of rotatable bonds is 7. The quantitative estimate of drug-likeness (QED) is 0.564. The largest absolute Gasteiger partial charge is 0.466 e. The maximum absolute atomic E-state index is 12.6. The van der Waals surface area contributed by atoms with Gasteiger partial charge < -0.3 is 4.74 Å². The number of benzene rings is 1. The van der Waals surface area contributed by atoms with E-state index in [-0.39, 0.29) is 11.4 Å². The Labute approximate surface area is 140 Å². The molecule has 1 aromatic rings. The predicted octanol–water partition coefficient (Wildman–Crippen LogP) is 3.72. The minimum atomic E-state index is -0.991. The molecule has 23 heavy (non-hydrogen) atoms. The van der Waals surface area contributed by atoms with Gasteiger partial charge in [-0.15, -0.1) is 0 Å². The molecule has 0 heterocycles. The van der Waals surface area contributed by atoms with Crippen LogP contribution in [0.2, 0.25) is 0 Å². The topological polar surface area (TPSA) is 43.4 Å². The van der Waals surface area contributed by atoms with Crippen LogP contribution in [-0.2, 0) is 20.3 Å². The summed E-state index contributed by atoms with van der Waals surface area (Å²) in [5, 5.41) is 0. The Morgan fingerprint density at radius 3 is 2.70 bits per heavy atom. The summed E-state index contributed by atoms with van der Waals surface area (Å²) >= 11 is 0. The molecule has 1 unspecified atom stereocenters. The summed E-state index contributed by atoms with van der Waals surface area (Å²) in [6.07, 6.45) is 7.96. The fraction of sp³-hybridized carbons (Fsp3) is 0.526. The molecule has 4 heteroatoms. The molecule has 4 atom stereocenters. The molecule has 1 saturated carbocycles. The Morgan fingerprint density at radius 1 is 1.30 bits per heavy atom. The first-order valence-corrected chi connectivity index (χ1v) is 9.76. The highest BCUT2D eigenvalue weighted by molar-refractivity contribution is 7.85. The van der Waals surface area contributed by atoms with E-state index in [2.05, 4.69) is 12.2 Å². The molecule has 0 saturated heterocycles. The summed E-state index contributed by atoms with van der Waals surface area (Å²) in [5.41, 5.74) is -0.379. The molecule has 3 nitrogen and oxygen atoms in total. The summed E-state index contributed by atoms with van der Waals surface area (Å²) in [6, 6.07) is 9.55. The van der Waals surface area contributed by atoms with E-state index in [0.717, 1.165) is 30.6 Å². The number of allylic oxidation sites excluding steroid dienone is 2. The van der Waals surface area contributed by atoms with Crippen LogP contribution in [0.5, 0.6) is 0 Å². The van der Waals surface area contributed by atoms with Gasteiger partial charge >= 0.3 is 5.97 Å². The number of fused-ring (bicyclic) bond motifs is 2. The average Bonchev–Trinajstić information content (AvgIpc) is 3.17. The molecule has 0 amide bonds. The lowest BCUT2D eigenvalue weighted by Gasteiger charge is -2.33. The third-order valence-corrected chi connectivity index (χ3v) is 6.61. The number of carbonyl (C=O) groups is 1. The Hall–Kier alpha value is -1.42. The number of ether oxygens (including phenoxy) is 1. The van der Waals surface area contributed by atoms with Gasteiger partial charge in [-0.1, -0.05) is 30.4 Å². The smallest absolute Gasteiger partial charge is 0.312 e. The van der Waals surface area contributed by atoms with Gasteiger partial charge in [0.15, 0.2) is 0 Å². The van der Waals surface area contributed by atoms with Crippen LogP contribution in [0.1, 0.15) is 32.6 Å². The van der Waals surface area contributed by atoms with Crippen LogP contribution >= 0.6 is 0 Å². The second-order valence-corrected chi connectivity index (χ2v) is 8.10. The minimum Gasteiger partial charge on any atom is -0.466 e. The van der Waals surface area contributed by atoms with Gasteiger partial charge in [-0.3, -0.25) is 9.00 Å². The Balaban J connectivity index is 1.63. The highest BCUT2D eigenvalue weighted by atomic mass is 32.2. The predicted molar refractivity (Wildman–Crippen MR) is 91.4 cm³/mol. The summed E-state index contributed by atoms with van der Waals surface area (Å²) in [4.78, 5) is 13.4. The third-order valence-electron chi connectivity index (χ3n) is 5.15. The van der Waals surface area contributed by atoms with Crippen LogP contribution in [0.4, 0.5) is 0 Å². The maximum atomic E-state index is 12.6. The number of hydrogen-bond donors (Lipinski definition) is 0. The fourth-order valence-electron chi connectivity index (χ4n) is 4.06. The molecule has 3 rings (SSSR count). The molecule has 0 aliphatic heterocycles. The highest BCUT2D eigenvalue weighted by Crippen LogP contribution is 2.55. The molecule has 1 aromatic carbocycles. The summed E-state index contributed by atoms with van der Waals surface area (Å²) < 4.78 is 17.7. The van der Waals surface area contributed by atoms with Gasteiger partial charge in [-0.2, -0.15) is 0 Å². The minimum absolute atomic E-state index is 0.0534. The lowest BCUT2D eigenvalue weighted by atomic mass is 9.72. The molecule has 124 valence electrons. The number of carbonyl (C=O) groups excluding carboxylic acids is 1. The van der Waals surface area contributed by atoms with Crippen molar-refractivity contribution in [1.82, 2.24) is 0 Å². The van der Waals surface area contributed by atoms with Crippen molar-refractivity contribution in [3.63, 3.8) is 0 Å². The second kappa shape index (κ2) is 7.00. The van der Waals surface area contributed by atoms with E-state index in [9.17, 15) is 9.00 Å². The number of hydrogen-bond acceptors (Lipinski definition) is 3. The van der Waals surface area contributed by atoms with E-state index in [0.29, 0.717) is 24.2 Å². The second-order valence-electron chi connectivity index (χ2n) is 6.53. The van der Waals surface area contributed by atoms with Gasteiger partial charge in [0.05, 0.1) is 22.8 Å². The van der Waals surface area contributed by atoms with Crippen LogP contribution in [-0.4, -0.2) is 22.5 Å². The molecule has 2 aliphatic rings. The zero-order chi connectivity index (χ0) is 16.3. The monoisotopic (exact) mass is 332 g/mol. The molecular weight excluding hydrogens is 308 g/mol. The van der Waals surface area contributed by atoms with Crippen LogP contribution in [0.15, 0.2) is 47.4 Å². The Bertz CT molecular complexity index is 610. The maximum Gasteiger partial charge on any atom is 0.312 e. The van der Waals surface area contributed by atoms with Crippen molar-refractivity contribution >= 4 is 16.8 Å². The van der Waals surface area contributed by atoms with Crippen molar-refractivity contribution in [1.29, 1.82) is 0 Å². The molecule has 1 fully saturated rings. The van der Waals surface area contributed by atoms with Crippen molar-refractivity contribution in [2.75, 3.05) is 12.4 Å². The third kappa shape index (κ3) is 3.27. The van der Waals surface area contributed by atoms with Gasteiger partial charge in [-0.25, -0.2) is 0 Å². The normalized spacial score (nSPS) is 29.6. The van der Waals surface area contributed by atoms with Gasteiger partial charge in [0.1, 0.15) is 0 Å². The first kappa shape index (κ1) is 16.4. The van der Waals surface area contributed by atoms with Crippen molar-refractivity contribution in [2.24, 2.45) is 17.3 Å². The van der Waals surface area contributed by atoms with Crippen molar-refractivity contribution < 1.29 is 13.7 Å². The lowest BCUT2D eigenvalue weighted by molar-refractivity contribution is -0.157. The van der Waals surface area contributed by atoms with E-state index >= 15 is 0 Å². The van der Waals surface area contributed by atoms with Gasteiger partial charge in [0.25, 0.3) is 0 Å². The molecule has 2 aliphatic carbocycles. The zero-order valence-electron chi connectivity index (χ0n) is 13.6. The van der Waals surface area contributed by atoms with Crippen molar-refractivity contribution in [3.8, 4) is 0 Å². The van der Waals surface area contributed by atoms with Crippen LogP contribution in [0.25, 0.3) is 0 Å². The first-order chi connectivity index (χ1) is 11.2. The molecule has 0 aromatic heterocycles. The van der Waals surface area contributed by atoms with Crippen molar-refractivity contribution in [2.45, 2.75) is 37.5 Å². The van der Waals surface area contributed by atoms with E-state index in [1.54, 1.807) is 0 Å². The molecule has 0 spiro atoms. The zero-order valence-corrected chi connectivity index (χ0v) is 14.4. The van der Waals surface area contributed by atoms with Crippen molar-refractivity contribution in [3.05, 3.63) is 42.5 Å². The summed E-state index contributed by atoms with van der Waals surface area (Å²) in [6.45, 7) is 2.29. The van der Waals surface area contributed by atoms with Gasteiger partial charge in [0, 0.05) is 10.6 Å².